The Labute approximate surface area is 123 Å². The summed E-state index contributed by atoms with van der Waals surface area (Å²) in [5.41, 5.74) is 0. The standard InChI is InChI=1S/C14H14BO2S2/c1-18-13-7-3-5-11(9-13)16-15-17-12-6-4-8-14(10-12)19-2/h3-10H,1-2H3. The third-order valence-electron chi connectivity index (χ3n) is 2.45. The fourth-order valence-electron chi connectivity index (χ4n) is 1.48. The lowest BCUT2D eigenvalue weighted by atomic mass is 10.3. The van der Waals surface area contributed by atoms with Gasteiger partial charge in [0.1, 0.15) is 11.5 Å². The molecule has 0 aliphatic heterocycles. The van der Waals surface area contributed by atoms with E-state index in [1.807, 2.05) is 61.0 Å². The van der Waals surface area contributed by atoms with Crippen molar-refractivity contribution in [2.24, 2.45) is 0 Å². The van der Waals surface area contributed by atoms with Crippen LogP contribution in [0.25, 0.3) is 0 Å². The third kappa shape index (κ3) is 4.44. The molecule has 0 aliphatic carbocycles. The molecule has 2 aromatic carbocycles. The predicted octanol–water partition coefficient (Wildman–Crippen LogP) is 4.12. The van der Waals surface area contributed by atoms with E-state index in [2.05, 4.69) is 0 Å². The van der Waals surface area contributed by atoms with E-state index in [0.29, 0.717) is 0 Å². The van der Waals surface area contributed by atoms with Gasteiger partial charge in [-0.3, -0.25) is 0 Å². The first-order valence-corrected chi connectivity index (χ1v) is 8.20. The van der Waals surface area contributed by atoms with Crippen LogP contribution in [0.5, 0.6) is 11.5 Å². The second-order valence-corrected chi connectivity index (χ2v) is 5.45. The summed E-state index contributed by atoms with van der Waals surface area (Å²) in [4.78, 5) is 2.32. The van der Waals surface area contributed by atoms with Crippen molar-refractivity contribution in [1.82, 2.24) is 0 Å². The van der Waals surface area contributed by atoms with Crippen LogP contribution in [0.4, 0.5) is 0 Å². The summed E-state index contributed by atoms with van der Waals surface area (Å²) in [6, 6.07) is 15.8. The van der Waals surface area contributed by atoms with Crippen LogP contribution in [0.2, 0.25) is 0 Å². The van der Waals surface area contributed by atoms with Crippen LogP contribution in [-0.4, -0.2) is 20.2 Å². The topological polar surface area (TPSA) is 18.5 Å². The lowest BCUT2D eigenvalue weighted by molar-refractivity contribution is 0.457. The van der Waals surface area contributed by atoms with E-state index in [9.17, 15) is 0 Å². The number of rotatable bonds is 6. The molecule has 1 radical (unpaired) electrons. The maximum atomic E-state index is 5.46. The molecule has 0 aliphatic rings. The van der Waals surface area contributed by atoms with Crippen molar-refractivity contribution in [1.29, 1.82) is 0 Å². The van der Waals surface area contributed by atoms with Crippen LogP contribution in [0.1, 0.15) is 0 Å². The highest BCUT2D eigenvalue weighted by atomic mass is 32.2. The van der Waals surface area contributed by atoms with E-state index in [-0.39, 0.29) is 0 Å². The molecule has 0 aromatic heterocycles. The Balaban J connectivity index is 1.88. The monoisotopic (exact) mass is 289 g/mol. The van der Waals surface area contributed by atoms with Gasteiger partial charge in [0.2, 0.25) is 0 Å². The summed E-state index contributed by atoms with van der Waals surface area (Å²) in [5, 5.41) is 0. The zero-order valence-electron chi connectivity index (χ0n) is 10.8. The van der Waals surface area contributed by atoms with Gasteiger partial charge >= 0.3 is 7.69 Å². The average molecular weight is 289 g/mol. The highest BCUT2D eigenvalue weighted by Crippen LogP contribution is 2.22. The van der Waals surface area contributed by atoms with Gasteiger partial charge in [-0.05, 0) is 48.9 Å². The minimum absolute atomic E-state index is 0.771. The van der Waals surface area contributed by atoms with Crippen molar-refractivity contribution in [3.05, 3.63) is 48.5 Å². The first kappa shape index (κ1) is 14.2. The largest absolute Gasteiger partial charge is 0.658 e. The Bertz CT molecular complexity index is 487. The van der Waals surface area contributed by atoms with E-state index < -0.39 is 0 Å². The van der Waals surface area contributed by atoms with E-state index in [1.54, 1.807) is 23.5 Å². The summed E-state index contributed by atoms with van der Waals surface area (Å²) in [6.07, 6.45) is 4.07. The Morgan fingerprint density at radius 2 is 1.26 bits per heavy atom. The summed E-state index contributed by atoms with van der Waals surface area (Å²) < 4.78 is 10.9. The molecule has 19 heavy (non-hydrogen) atoms. The van der Waals surface area contributed by atoms with Gasteiger partial charge in [0.25, 0.3) is 0 Å². The molecule has 2 aromatic rings. The second kappa shape index (κ2) is 7.41. The Morgan fingerprint density at radius 1 is 0.789 bits per heavy atom. The molecule has 0 unspecified atom stereocenters. The number of benzene rings is 2. The molecule has 0 N–H and O–H groups in total. The van der Waals surface area contributed by atoms with Crippen molar-refractivity contribution in [2.75, 3.05) is 12.5 Å². The Morgan fingerprint density at radius 3 is 1.68 bits per heavy atom. The van der Waals surface area contributed by atoms with Crippen molar-refractivity contribution in [2.45, 2.75) is 9.79 Å². The Kier molecular flexibility index (Phi) is 5.54. The molecule has 0 saturated carbocycles. The van der Waals surface area contributed by atoms with E-state index in [0.717, 1.165) is 21.3 Å². The minimum atomic E-state index is 0.771. The van der Waals surface area contributed by atoms with Gasteiger partial charge in [0, 0.05) is 9.79 Å². The molecule has 5 heteroatoms. The quantitative estimate of drug-likeness (QED) is 0.588. The van der Waals surface area contributed by atoms with Crippen molar-refractivity contribution < 1.29 is 9.31 Å². The highest BCUT2D eigenvalue weighted by Gasteiger charge is 2.03. The maximum Gasteiger partial charge on any atom is 0.658 e. The van der Waals surface area contributed by atoms with Crippen LogP contribution >= 0.6 is 23.5 Å². The molecule has 0 bridgehead atoms. The molecule has 2 nitrogen and oxygen atoms in total. The molecule has 0 atom stereocenters. The number of hydrogen-bond acceptors (Lipinski definition) is 4. The van der Waals surface area contributed by atoms with Gasteiger partial charge in [0.15, 0.2) is 0 Å². The van der Waals surface area contributed by atoms with Crippen LogP contribution in [0, 0.1) is 0 Å². The fourth-order valence-corrected chi connectivity index (χ4v) is 2.38. The maximum absolute atomic E-state index is 5.46. The first-order chi connectivity index (χ1) is 9.31. The molecule has 0 fully saturated rings. The van der Waals surface area contributed by atoms with Crippen molar-refractivity contribution >= 4 is 31.2 Å². The SMILES string of the molecule is CSc1cccc(O[B]Oc2cccc(SC)c2)c1. The van der Waals surface area contributed by atoms with Crippen LogP contribution in [0.15, 0.2) is 58.3 Å². The number of hydrogen-bond donors (Lipinski definition) is 0. The van der Waals surface area contributed by atoms with E-state index in [4.69, 9.17) is 9.31 Å². The average Bonchev–Trinajstić information content (AvgIpc) is 2.48. The van der Waals surface area contributed by atoms with Gasteiger partial charge in [-0.2, -0.15) is 0 Å². The minimum Gasteiger partial charge on any atom is -0.526 e. The van der Waals surface area contributed by atoms with Crippen molar-refractivity contribution in [3.63, 3.8) is 0 Å². The van der Waals surface area contributed by atoms with Gasteiger partial charge in [-0.25, -0.2) is 0 Å². The molecule has 97 valence electrons. The predicted molar refractivity (Wildman–Crippen MR) is 83.5 cm³/mol. The van der Waals surface area contributed by atoms with Crippen LogP contribution in [0.3, 0.4) is 0 Å². The molecular formula is C14H14BO2S2. The zero-order chi connectivity index (χ0) is 13.5. The second-order valence-electron chi connectivity index (χ2n) is 3.69. The third-order valence-corrected chi connectivity index (χ3v) is 3.90. The fraction of sp³-hybridized carbons (Fsp3) is 0.143. The summed E-state index contributed by atoms with van der Waals surface area (Å²) in [5.74, 6) is 1.54. The van der Waals surface area contributed by atoms with Gasteiger partial charge in [-0.15, -0.1) is 23.5 Å². The highest BCUT2D eigenvalue weighted by molar-refractivity contribution is 7.98. The summed E-state index contributed by atoms with van der Waals surface area (Å²) in [7, 11) is 1.36. The molecular weight excluding hydrogens is 275 g/mol. The van der Waals surface area contributed by atoms with Crippen LogP contribution in [-0.2, 0) is 0 Å². The summed E-state index contributed by atoms with van der Waals surface area (Å²) >= 11 is 3.36. The van der Waals surface area contributed by atoms with Gasteiger partial charge < -0.3 is 9.31 Å². The van der Waals surface area contributed by atoms with Crippen LogP contribution < -0.4 is 9.31 Å². The van der Waals surface area contributed by atoms with Crippen molar-refractivity contribution in [3.8, 4) is 11.5 Å². The molecule has 0 saturated heterocycles. The first-order valence-electron chi connectivity index (χ1n) is 5.75. The van der Waals surface area contributed by atoms with Gasteiger partial charge in [-0.1, -0.05) is 12.1 Å². The smallest absolute Gasteiger partial charge is 0.526 e. The Hall–Kier alpha value is -1.20. The molecule has 0 spiro atoms. The lowest BCUT2D eigenvalue weighted by Crippen LogP contribution is -2.10. The van der Waals surface area contributed by atoms with Gasteiger partial charge in [0.05, 0.1) is 0 Å². The summed E-state index contributed by atoms with van der Waals surface area (Å²) in [6.45, 7) is 0. The molecule has 0 heterocycles. The lowest BCUT2D eigenvalue weighted by Gasteiger charge is -2.08. The van der Waals surface area contributed by atoms with E-state index in [1.165, 1.54) is 7.69 Å². The normalized spacial score (nSPS) is 10.0. The molecule has 0 amide bonds. The van der Waals surface area contributed by atoms with E-state index >= 15 is 0 Å². The molecule has 2 rings (SSSR count). The number of thioether (sulfide) groups is 2. The zero-order valence-corrected chi connectivity index (χ0v) is 12.5.